The van der Waals surface area contributed by atoms with Crippen molar-refractivity contribution in [1.82, 2.24) is 4.98 Å². The van der Waals surface area contributed by atoms with E-state index >= 15 is 0 Å². The number of rotatable bonds is 5. The molecular weight excluding hydrogens is 461 g/mol. The van der Waals surface area contributed by atoms with Crippen LogP contribution in [0.5, 0.6) is 5.75 Å². The second-order valence-corrected chi connectivity index (χ2v) is 7.15. The van der Waals surface area contributed by atoms with Gasteiger partial charge in [-0.1, -0.05) is 53.0 Å². The van der Waals surface area contributed by atoms with Gasteiger partial charge >= 0.3 is 5.97 Å². The molecule has 156 valence electrons. The molecule has 0 saturated carbocycles. The van der Waals surface area contributed by atoms with Gasteiger partial charge in [-0.15, -0.1) is 0 Å². The Morgan fingerprint density at radius 2 is 1.77 bits per heavy atom. The van der Waals surface area contributed by atoms with E-state index in [-0.39, 0.29) is 22.9 Å². The normalized spacial score (nSPS) is 10.7. The molecule has 0 fully saturated rings. The molecule has 0 bridgehead atoms. The zero-order valence-electron chi connectivity index (χ0n) is 15.3. The number of anilines is 1. The van der Waals surface area contributed by atoms with Gasteiger partial charge in [-0.05, 0) is 18.2 Å². The number of ether oxygens (including phenoxy) is 2. The summed E-state index contributed by atoms with van der Waals surface area (Å²) < 4.78 is 39.5. The number of methoxy groups -OCH3 is 1. The molecule has 0 amide bonds. The van der Waals surface area contributed by atoms with Crippen LogP contribution in [-0.4, -0.2) is 18.1 Å². The van der Waals surface area contributed by atoms with E-state index in [2.05, 4.69) is 4.98 Å². The van der Waals surface area contributed by atoms with Gasteiger partial charge in [-0.3, -0.25) is 0 Å². The molecule has 0 unspecified atom stereocenters. The van der Waals surface area contributed by atoms with Crippen LogP contribution in [0.3, 0.4) is 0 Å². The number of nitrogens with two attached hydrogens (primary N) is 1. The van der Waals surface area contributed by atoms with E-state index < -0.39 is 39.7 Å². The first kappa shape index (κ1) is 22.1. The number of nitrogens with zero attached hydrogens (tertiary/aromatic N) is 1. The first-order valence-electron chi connectivity index (χ1n) is 8.33. The summed E-state index contributed by atoms with van der Waals surface area (Å²) in [5.41, 5.74) is 4.29. The molecule has 0 aliphatic rings. The van der Waals surface area contributed by atoms with Gasteiger partial charge in [0.05, 0.1) is 22.8 Å². The summed E-state index contributed by atoms with van der Waals surface area (Å²) >= 11 is 17.9. The van der Waals surface area contributed by atoms with Crippen LogP contribution < -0.4 is 10.5 Å². The Morgan fingerprint density at radius 1 is 1.07 bits per heavy atom. The van der Waals surface area contributed by atoms with Crippen LogP contribution in [0.2, 0.25) is 15.1 Å². The smallest absolute Gasteiger partial charge is 0.358 e. The molecule has 0 saturated heterocycles. The van der Waals surface area contributed by atoms with E-state index in [1.165, 1.54) is 19.2 Å². The van der Waals surface area contributed by atoms with Crippen molar-refractivity contribution in [3.8, 4) is 17.0 Å². The molecule has 1 aromatic heterocycles. The molecule has 10 heteroatoms. The summed E-state index contributed by atoms with van der Waals surface area (Å²) in [7, 11) is 1.20. The Bertz CT molecular complexity index is 1140. The topological polar surface area (TPSA) is 74.4 Å². The van der Waals surface area contributed by atoms with E-state index in [1.807, 2.05) is 0 Å². The van der Waals surface area contributed by atoms with Gasteiger partial charge in [0.15, 0.2) is 23.1 Å². The molecule has 2 aromatic carbocycles. The summed E-state index contributed by atoms with van der Waals surface area (Å²) in [5, 5.41) is -0.0961. The van der Waals surface area contributed by atoms with E-state index in [0.29, 0.717) is 10.6 Å². The molecule has 0 atom stereocenters. The highest BCUT2D eigenvalue weighted by atomic mass is 35.5. The average Bonchev–Trinajstić information content (AvgIpc) is 2.72. The second-order valence-electron chi connectivity index (χ2n) is 5.96. The molecule has 0 aliphatic heterocycles. The fourth-order valence-corrected chi connectivity index (χ4v) is 3.22. The lowest BCUT2D eigenvalue weighted by molar-refractivity contribution is 0.0466. The highest BCUT2D eigenvalue weighted by Gasteiger charge is 2.26. The van der Waals surface area contributed by atoms with Crippen molar-refractivity contribution in [2.24, 2.45) is 0 Å². The Balaban J connectivity index is 2.03. The maximum Gasteiger partial charge on any atom is 0.358 e. The van der Waals surface area contributed by atoms with Gasteiger partial charge in [0.25, 0.3) is 0 Å². The van der Waals surface area contributed by atoms with Crippen LogP contribution in [0.1, 0.15) is 16.1 Å². The molecular formula is C20H13Cl3F2N2O3. The van der Waals surface area contributed by atoms with Gasteiger partial charge < -0.3 is 15.2 Å². The molecule has 0 aliphatic carbocycles. The molecule has 3 aromatic rings. The maximum absolute atomic E-state index is 14.8. The molecule has 1 heterocycles. The number of pyridine rings is 1. The number of hydrogen-bond donors (Lipinski definition) is 1. The molecule has 30 heavy (non-hydrogen) atoms. The lowest BCUT2D eigenvalue weighted by Gasteiger charge is -2.14. The zero-order valence-corrected chi connectivity index (χ0v) is 17.6. The van der Waals surface area contributed by atoms with Crippen LogP contribution in [0.4, 0.5) is 14.5 Å². The van der Waals surface area contributed by atoms with Gasteiger partial charge in [-0.25, -0.2) is 18.6 Å². The maximum atomic E-state index is 14.8. The predicted octanol–water partition coefficient (Wildman–Crippen LogP) is 5.93. The zero-order chi connectivity index (χ0) is 22.0. The Kier molecular flexibility index (Phi) is 6.65. The molecule has 2 N–H and O–H groups in total. The van der Waals surface area contributed by atoms with Crippen LogP contribution in [-0.2, 0) is 11.3 Å². The highest BCUT2D eigenvalue weighted by molar-refractivity contribution is 6.36. The van der Waals surface area contributed by atoms with Crippen molar-refractivity contribution in [3.63, 3.8) is 0 Å². The Morgan fingerprint density at radius 3 is 2.43 bits per heavy atom. The number of hydrogen-bond acceptors (Lipinski definition) is 5. The molecule has 0 radical (unpaired) electrons. The van der Waals surface area contributed by atoms with Crippen molar-refractivity contribution in [2.45, 2.75) is 6.61 Å². The summed E-state index contributed by atoms with van der Waals surface area (Å²) in [6.45, 7) is -0.188. The Hall–Kier alpha value is -2.61. The largest absolute Gasteiger partial charge is 0.492 e. The number of benzene rings is 2. The third-order valence-corrected chi connectivity index (χ3v) is 5.18. The van der Waals surface area contributed by atoms with Gasteiger partial charge in [0.2, 0.25) is 0 Å². The summed E-state index contributed by atoms with van der Waals surface area (Å²) in [5.74, 6) is -3.39. The van der Waals surface area contributed by atoms with Gasteiger partial charge in [0, 0.05) is 16.1 Å². The van der Waals surface area contributed by atoms with Crippen LogP contribution >= 0.6 is 34.8 Å². The van der Waals surface area contributed by atoms with Crippen molar-refractivity contribution in [3.05, 3.63) is 74.4 Å². The van der Waals surface area contributed by atoms with Crippen LogP contribution in [0.25, 0.3) is 11.3 Å². The second kappa shape index (κ2) is 9.04. The predicted molar refractivity (Wildman–Crippen MR) is 111 cm³/mol. The first-order valence-corrected chi connectivity index (χ1v) is 9.47. The van der Waals surface area contributed by atoms with E-state index in [0.717, 1.165) is 0 Å². The third kappa shape index (κ3) is 4.14. The minimum atomic E-state index is -1.11. The number of carbonyl (C=O) groups excluding carboxylic acids is 1. The quantitative estimate of drug-likeness (QED) is 0.465. The van der Waals surface area contributed by atoms with Crippen molar-refractivity contribution in [1.29, 1.82) is 0 Å². The average molecular weight is 474 g/mol. The highest BCUT2D eigenvalue weighted by Crippen LogP contribution is 2.38. The van der Waals surface area contributed by atoms with E-state index in [1.54, 1.807) is 24.3 Å². The van der Waals surface area contributed by atoms with Crippen LogP contribution in [0, 0.1) is 11.6 Å². The standard InChI is InChI=1S/C20H13Cl3F2N2O3/c1-29-19-12(22)7-6-10(14(19)24)17-15(25)16(26)13(23)18(27-17)20(28)30-8-9-4-2-3-5-11(9)21/h2-7H,8H2,1H3,(H2,26,27). The number of nitrogen functional groups attached to an aromatic ring is 1. The third-order valence-electron chi connectivity index (χ3n) is 4.13. The van der Waals surface area contributed by atoms with Crippen molar-refractivity contribution >= 4 is 46.5 Å². The summed E-state index contributed by atoms with van der Waals surface area (Å²) in [6.07, 6.45) is 0. The molecule has 3 rings (SSSR count). The van der Waals surface area contributed by atoms with E-state index in [4.69, 9.17) is 50.0 Å². The van der Waals surface area contributed by atoms with Crippen LogP contribution in [0.15, 0.2) is 36.4 Å². The monoisotopic (exact) mass is 472 g/mol. The molecule has 5 nitrogen and oxygen atoms in total. The minimum absolute atomic E-state index is 0.0273. The van der Waals surface area contributed by atoms with E-state index in [9.17, 15) is 13.6 Å². The lowest BCUT2D eigenvalue weighted by Crippen LogP contribution is -2.12. The minimum Gasteiger partial charge on any atom is -0.492 e. The number of aromatic nitrogens is 1. The van der Waals surface area contributed by atoms with Gasteiger partial charge in [0.1, 0.15) is 12.3 Å². The summed E-state index contributed by atoms with van der Waals surface area (Å²) in [4.78, 5) is 16.4. The van der Waals surface area contributed by atoms with Gasteiger partial charge in [-0.2, -0.15) is 0 Å². The van der Waals surface area contributed by atoms with Crippen molar-refractivity contribution < 1.29 is 23.0 Å². The number of carbonyl (C=O) groups is 1. The number of halogens is 5. The first-order chi connectivity index (χ1) is 14.3. The Labute approximate surface area is 185 Å². The van der Waals surface area contributed by atoms with Crippen molar-refractivity contribution in [2.75, 3.05) is 12.8 Å². The molecule has 0 spiro atoms. The fourth-order valence-electron chi connectivity index (χ4n) is 2.60. The number of esters is 1. The lowest BCUT2D eigenvalue weighted by atomic mass is 10.1. The summed E-state index contributed by atoms with van der Waals surface area (Å²) in [6, 6.07) is 9.18. The fraction of sp³-hybridized carbons (Fsp3) is 0.100. The SMILES string of the molecule is COc1c(Cl)ccc(-c2nc(C(=O)OCc3ccccc3Cl)c(Cl)c(N)c2F)c1F.